The lowest BCUT2D eigenvalue weighted by molar-refractivity contribution is 0.0697. The summed E-state index contributed by atoms with van der Waals surface area (Å²) in [5.74, 6) is -0.861. The lowest BCUT2D eigenvalue weighted by atomic mass is 9.93. The Morgan fingerprint density at radius 3 is 2.62 bits per heavy atom. The van der Waals surface area contributed by atoms with Gasteiger partial charge in [-0.2, -0.15) is 0 Å². The van der Waals surface area contributed by atoms with Crippen molar-refractivity contribution in [3.8, 4) is 0 Å². The molecule has 1 aromatic carbocycles. The quantitative estimate of drug-likeness (QED) is 0.884. The molecule has 21 heavy (non-hydrogen) atoms. The fraction of sp³-hybridized carbons (Fsp3) is 0.375. The fourth-order valence-corrected chi connectivity index (χ4v) is 2.52. The van der Waals surface area contributed by atoms with Gasteiger partial charge in [0.25, 0.3) is 5.56 Å². The molecule has 0 spiro atoms. The molecule has 1 unspecified atom stereocenters. The average molecular weight is 289 g/mol. The number of aromatic nitrogens is 1. The van der Waals surface area contributed by atoms with Crippen molar-refractivity contribution in [1.82, 2.24) is 4.57 Å². The molecule has 0 fully saturated rings. The molecule has 112 valence electrons. The predicted octanol–water partition coefficient (Wildman–Crippen LogP) is 2.21. The summed E-state index contributed by atoms with van der Waals surface area (Å²) in [4.78, 5) is 23.3. The van der Waals surface area contributed by atoms with E-state index in [1.165, 1.54) is 10.6 Å². The number of nitrogens with zero attached hydrogens (tertiary/aromatic N) is 1. The molecule has 0 aliphatic heterocycles. The topological polar surface area (TPSA) is 79.5 Å². The molecular weight excluding hydrogens is 270 g/mol. The van der Waals surface area contributed by atoms with Gasteiger partial charge in [0.05, 0.1) is 17.7 Å². The van der Waals surface area contributed by atoms with E-state index in [0.29, 0.717) is 5.39 Å². The minimum absolute atomic E-state index is 0.124. The van der Waals surface area contributed by atoms with Gasteiger partial charge in [-0.3, -0.25) is 4.79 Å². The van der Waals surface area contributed by atoms with Gasteiger partial charge in [0.15, 0.2) is 0 Å². The number of hydrogen-bond donors (Lipinski definition) is 2. The lowest BCUT2D eigenvalue weighted by Crippen LogP contribution is -2.22. The molecular formula is C16H19NO4. The van der Waals surface area contributed by atoms with E-state index in [1.807, 2.05) is 13.8 Å². The van der Waals surface area contributed by atoms with E-state index in [0.717, 1.165) is 17.5 Å². The van der Waals surface area contributed by atoms with Crippen LogP contribution in [-0.4, -0.2) is 27.4 Å². The van der Waals surface area contributed by atoms with Crippen LogP contribution in [0, 0.1) is 0 Å². The molecule has 2 N–H and O–H groups in total. The summed E-state index contributed by atoms with van der Waals surface area (Å²) in [6.45, 7) is 4.08. The molecule has 5 nitrogen and oxygen atoms in total. The number of carboxylic acid groups (broad SMARTS) is 1. The van der Waals surface area contributed by atoms with Crippen molar-refractivity contribution in [2.24, 2.45) is 0 Å². The summed E-state index contributed by atoms with van der Waals surface area (Å²) in [5.41, 5.74) is 1.57. The summed E-state index contributed by atoms with van der Waals surface area (Å²) in [7, 11) is 0. The van der Waals surface area contributed by atoms with Gasteiger partial charge >= 0.3 is 5.97 Å². The summed E-state index contributed by atoms with van der Waals surface area (Å²) in [6, 6.07) is 6.25. The number of aliphatic hydroxyl groups excluding tert-OH is 1. The first-order valence-corrected chi connectivity index (χ1v) is 7.01. The largest absolute Gasteiger partial charge is 0.478 e. The number of benzene rings is 1. The molecule has 1 aromatic heterocycles. The highest BCUT2D eigenvalue weighted by molar-refractivity contribution is 5.95. The number of carboxylic acids is 1. The molecule has 0 saturated heterocycles. The van der Waals surface area contributed by atoms with Crippen LogP contribution in [0.25, 0.3) is 10.9 Å². The van der Waals surface area contributed by atoms with Crippen molar-refractivity contribution in [3.05, 3.63) is 45.7 Å². The van der Waals surface area contributed by atoms with E-state index in [9.17, 15) is 19.8 Å². The van der Waals surface area contributed by atoms with E-state index < -0.39 is 5.97 Å². The summed E-state index contributed by atoms with van der Waals surface area (Å²) < 4.78 is 1.52. The smallest absolute Gasteiger partial charge is 0.335 e. The predicted molar refractivity (Wildman–Crippen MR) is 81.0 cm³/mol. The normalized spacial score (nSPS) is 12.5. The number of aromatic carboxylic acids is 1. The van der Waals surface area contributed by atoms with Crippen LogP contribution >= 0.6 is 0 Å². The second-order valence-electron chi connectivity index (χ2n) is 5.16. The molecule has 0 saturated carbocycles. The Kier molecular flexibility index (Phi) is 4.43. The van der Waals surface area contributed by atoms with Crippen LogP contribution in [0.5, 0.6) is 0 Å². The maximum absolute atomic E-state index is 12.0. The number of aliphatic hydroxyl groups is 1. The van der Waals surface area contributed by atoms with Crippen LogP contribution in [-0.2, 0) is 6.54 Å². The van der Waals surface area contributed by atoms with Crippen LogP contribution in [0.3, 0.4) is 0 Å². The second-order valence-corrected chi connectivity index (χ2v) is 5.16. The zero-order valence-corrected chi connectivity index (χ0v) is 12.2. The molecule has 1 heterocycles. The van der Waals surface area contributed by atoms with Gasteiger partial charge in [-0.15, -0.1) is 0 Å². The number of hydrogen-bond acceptors (Lipinski definition) is 3. The Morgan fingerprint density at radius 2 is 2.05 bits per heavy atom. The Morgan fingerprint density at radius 1 is 1.33 bits per heavy atom. The van der Waals surface area contributed by atoms with Crippen LogP contribution in [0.4, 0.5) is 0 Å². The molecule has 0 bridgehead atoms. The highest BCUT2D eigenvalue weighted by Crippen LogP contribution is 2.28. The van der Waals surface area contributed by atoms with Crippen LogP contribution < -0.4 is 5.56 Å². The van der Waals surface area contributed by atoms with Crippen molar-refractivity contribution in [2.75, 3.05) is 6.61 Å². The highest BCUT2D eigenvalue weighted by atomic mass is 16.4. The van der Waals surface area contributed by atoms with E-state index in [-0.39, 0.29) is 30.2 Å². The molecule has 2 rings (SSSR count). The maximum Gasteiger partial charge on any atom is 0.335 e. The third-order valence-electron chi connectivity index (χ3n) is 3.82. The Hall–Kier alpha value is -2.14. The second kappa shape index (κ2) is 6.10. The molecule has 5 heteroatoms. The number of rotatable bonds is 5. The van der Waals surface area contributed by atoms with Crippen LogP contribution in [0.2, 0.25) is 0 Å². The first-order chi connectivity index (χ1) is 9.99. The molecule has 2 aromatic rings. The Labute approximate surface area is 122 Å². The van der Waals surface area contributed by atoms with E-state index >= 15 is 0 Å². The van der Waals surface area contributed by atoms with Gasteiger partial charge in [0.2, 0.25) is 0 Å². The van der Waals surface area contributed by atoms with Gasteiger partial charge in [0.1, 0.15) is 0 Å². The molecule has 1 atom stereocenters. The summed E-state index contributed by atoms with van der Waals surface area (Å²) in [5, 5.41) is 19.1. The van der Waals surface area contributed by atoms with Crippen molar-refractivity contribution in [3.63, 3.8) is 0 Å². The lowest BCUT2D eigenvalue weighted by Gasteiger charge is -2.18. The third-order valence-corrected chi connectivity index (χ3v) is 3.82. The van der Waals surface area contributed by atoms with Crippen molar-refractivity contribution in [2.45, 2.75) is 32.7 Å². The van der Waals surface area contributed by atoms with Gasteiger partial charge in [-0.1, -0.05) is 13.8 Å². The SMILES string of the molecule is CCC(C)c1cc(C(=O)O)cc2ccc(=O)n(CCO)c12. The molecule has 0 radical (unpaired) electrons. The Balaban J connectivity index is 2.88. The standard InChI is InChI=1S/C16H19NO4/c1-3-10(2)13-9-12(16(20)21)8-11-4-5-14(19)17(6-7-18)15(11)13/h4-5,8-10,18H,3,6-7H2,1-2H3,(H,20,21). The minimum Gasteiger partial charge on any atom is -0.478 e. The zero-order chi connectivity index (χ0) is 15.6. The molecule has 0 amide bonds. The van der Waals surface area contributed by atoms with Gasteiger partial charge in [0, 0.05) is 12.6 Å². The first-order valence-electron chi connectivity index (χ1n) is 7.01. The Bertz CT molecular complexity index is 733. The van der Waals surface area contributed by atoms with Crippen molar-refractivity contribution < 1.29 is 15.0 Å². The molecule has 0 aliphatic rings. The number of fused-ring (bicyclic) bond motifs is 1. The fourth-order valence-electron chi connectivity index (χ4n) is 2.52. The van der Waals surface area contributed by atoms with Gasteiger partial charge < -0.3 is 14.8 Å². The first kappa shape index (κ1) is 15.3. The van der Waals surface area contributed by atoms with Crippen LogP contribution in [0.1, 0.15) is 42.1 Å². The minimum atomic E-state index is -0.985. The molecule has 0 aliphatic carbocycles. The highest BCUT2D eigenvalue weighted by Gasteiger charge is 2.16. The number of pyridine rings is 1. The monoisotopic (exact) mass is 289 g/mol. The van der Waals surface area contributed by atoms with Crippen LogP contribution in [0.15, 0.2) is 29.1 Å². The zero-order valence-electron chi connectivity index (χ0n) is 12.2. The number of carbonyl (C=O) groups is 1. The van der Waals surface area contributed by atoms with Gasteiger partial charge in [-0.05, 0) is 41.5 Å². The van der Waals surface area contributed by atoms with E-state index in [1.54, 1.807) is 18.2 Å². The van der Waals surface area contributed by atoms with E-state index in [2.05, 4.69) is 0 Å². The van der Waals surface area contributed by atoms with Gasteiger partial charge in [-0.25, -0.2) is 4.79 Å². The van der Waals surface area contributed by atoms with Crippen molar-refractivity contribution in [1.29, 1.82) is 0 Å². The van der Waals surface area contributed by atoms with Crippen molar-refractivity contribution >= 4 is 16.9 Å². The average Bonchev–Trinajstić information content (AvgIpc) is 2.48. The van der Waals surface area contributed by atoms with E-state index in [4.69, 9.17) is 0 Å². The maximum atomic E-state index is 12.0. The third kappa shape index (κ3) is 2.83. The summed E-state index contributed by atoms with van der Waals surface area (Å²) >= 11 is 0. The summed E-state index contributed by atoms with van der Waals surface area (Å²) in [6.07, 6.45) is 0.834.